The third-order valence-electron chi connectivity index (χ3n) is 12.4. The van der Waals surface area contributed by atoms with Crippen LogP contribution >= 0.6 is 0 Å². The van der Waals surface area contributed by atoms with Gasteiger partial charge in [-0.1, -0.05) is 70.8 Å². The van der Waals surface area contributed by atoms with E-state index in [4.69, 9.17) is 14.2 Å². The molecule has 0 aliphatic rings. The first-order chi connectivity index (χ1) is 37.1. The zero-order valence-electron chi connectivity index (χ0n) is 42.5. The van der Waals surface area contributed by atoms with Gasteiger partial charge in [0.1, 0.15) is 55.8 Å². The predicted molar refractivity (Wildman–Crippen MR) is 288 cm³/mol. The number of aromatic hydroxyl groups is 2. The van der Waals surface area contributed by atoms with E-state index < -0.39 is 110 Å². The largest absolute Gasteiger partial charge is 0.507 e. The van der Waals surface area contributed by atoms with E-state index in [0.717, 1.165) is 95.1 Å². The van der Waals surface area contributed by atoms with Crippen molar-refractivity contribution in [3.8, 4) is 23.0 Å². The van der Waals surface area contributed by atoms with E-state index in [1.54, 1.807) is 52.0 Å². The maximum Gasteiger partial charge on any atom is 0.210 e. The molecule has 23 heteroatoms. The number of phenolic OH excluding ortho intramolecular Hbond substituents is 2. The number of phenols is 2. The van der Waals surface area contributed by atoms with Gasteiger partial charge in [0.15, 0.2) is 0 Å². The van der Waals surface area contributed by atoms with Gasteiger partial charge in [0, 0.05) is 0 Å². The van der Waals surface area contributed by atoms with Gasteiger partial charge in [0.05, 0.1) is 52.4 Å². The third-order valence-corrected chi connectivity index (χ3v) is 23.1. The first-order valence-electron chi connectivity index (χ1n) is 23.7. The van der Waals surface area contributed by atoms with Gasteiger partial charge in [0.25, 0.3) is 0 Å². The number of hydrogen-bond acceptors (Lipinski definition) is 17. The summed E-state index contributed by atoms with van der Waals surface area (Å²) >= 11 is 0. The summed E-state index contributed by atoms with van der Waals surface area (Å²) in [5.41, 5.74) is 2.99. The fourth-order valence-electron chi connectivity index (χ4n) is 7.90. The van der Waals surface area contributed by atoms with Crippen LogP contribution in [0.4, 0.5) is 0 Å². The quantitative estimate of drug-likeness (QED) is 0.0674. The van der Waals surface area contributed by atoms with Crippen molar-refractivity contribution in [2.45, 2.75) is 86.4 Å². The Bertz CT molecular complexity index is 4050. The summed E-state index contributed by atoms with van der Waals surface area (Å²) in [4.78, 5) is -5.50. The van der Waals surface area contributed by atoms with Crippen LogP contribution in [0.2, 0.25) is 0 Å². The van der Waals surface area contributed by atoms with Crippen molar-refractivity contribution in [3.63, 3.8) is 0 Å². The highest BCUT2D eigenvalue weighted by molar-refractivity contribution is 7.93. The van der Waals surface area contributed by atoms with Crippen LogP contribution in [-0.2, 0) is 63.8 Å². The molecule has 0 atom stereocenters. The van der Waals surface area contributed by atoms with Gasteiger partial charge in [-0.3, -0.25) is 0 Å². The first-order valence-corrected chi connectivity index (χ1v) is 32.6. The lowest BCUT2D eigenvalue weighted by molar-refractivity contribution is 0.0750. The number of aryl methyl sites for hydroxylation is 4. The van der Waals surface area contributed by atoms with Gasteiger partial charge in [-0.15, -0.1) is 0 Å². The summed E-state index contributed by atoms with van der Waals surface area (Å²) in [5.74, 6) is -1.97. The van der Waals surface area contributed by atoms with Crippen molar-refractivity contribution in [1.29, 1.82) is 0 Å². The second-order valence-electron chi connectivity index (χ2n) is 18.1. The summed E-state index contributed by atoms with van der Waals surface area (Å²) < 4.78 is 185. The minimum atomic E-state index is -4.67. The topological polar surface area (TPSA) is 273 Å². The Balaban J connectivity index is 1.02. The van der Waals surface area contributed by atoms with Crippen LogP contribution in [0.1, 0.15) is 22.3 Å². The van der Waals surface area contributed by atoms with E-state index in [1.165, 1.54) is 72.8 Å². The summed E-state index contributed by atoms with van der Waals surface area (Å²) in [7, 11) is -27.2. The van der Waals surface area contributed by atoms with Gasteiger partial charge in [-0.25, -0.2) is 50.5 Å². The van der Waals surface area contributed by atoms with Crippen molar-refractivity contribution in [1.82, 2.24) is 0 Å². The van der Waals surface area contributed by atoms with E-state index in [9.17, 15) is 60.7 Å². The Hall–Kier alpha value is -7.38. The normalized spacial score (nSPS) is 12.5. The molecule has 0 unspecified atom stereocenters. The van der Waals surface area contributed by atoms with Gasteiger partial charge in [-0.2, -0.15) is 0 Å². The Kier molecular flexibility index (Phi) is 16.4. The molecule has 0 aliphatic carbocycles. The molecule has 0 aromatic heterocycles. The fourth-order valence-corrected chi connectivity index (χ4v) is 16.4. The number of sulfone groups is 6. The molecule has 0 fully saturated rings. The molecule has 8 rings (SSSR count). The maximum absolute atomic E-state index is 14.2. The van der Waals surface area contributed by atoms with Crippen LogP contribution in [0.15, 0.2) is 229 Å². The molecule has 0 saturated heterocycles. The molecule has 0 spiro atoms. The lowest BCUT2D eigenvalue weighted by Crippen LogP contribution is -2.15. The summed E-state index contributed by atoms with van der Waals surface area (Å²) in [6, 6.07) is 34.5. The predicted octanol–water partition coefficient (Wildman–Crippen LogP) is 8.80. The van der Waals surface area contributed by atoms with Crippen molar-refractivity contribution in [2.24, 2.45) is 0 Å². The highest BCUT2D eigenvalue weighted by Gasteiger charge is 2.32. The molecular weight excluding hydrogens is 1140 g/mol. The van der Waals surface area contributed by atoms with E-state index in [0.29, 0.717) is 0 Å². The minimum absolute atomic E-state index is 0.199. The maximum atomic E-state index is 14.2. The summed E-state index contributed by atoms with van der Waals surface area (Å²) in [6.07, 6.45) is 0. The number of benzene rings is 8. The highest BCUT2D eigenvalue weighted by atomic mass is 32.2. The second-order valence-corrected chi connectivity index (χ2v) is 29.6. The minimum Gasteiger partial charge on any atom is -0.507 e. The molecule has 0 bridgehead atoms. The number of hydrogen-bond donors (Lipinski definition) is 2. The molecule has 0 radical (unpaired) electrons. The van der Waals surface area contributed by atoms with Crippen LogP contribution in [0.5, 0.6) is 23.0 Å². The van der Waals surface area contributed by atoms with Crippen molar-refractivity contribution in [2.75, 3.05) is 26.4 Å². The average molecular weight is 1190 g/mol. The van der Waals surface area contributed by atoms with Crippen molar-refractivity contribution in [3.05, 3.63) is 192 Å². The zero-order valence-corrected chi connectivity index (χ0v) is 47.4. The van der Waals surface area contributed by atoms with Crippen LogP contribution in [-0.4, -0.2) is 87.1 Å². The summed E-state index contributed by atoms with van der Waals surface area (Å²) in [6.45, 7) is 5.90. The molecule has 79 heavy (non-hydrogen) atoms. The van der Waals surface area contributed by atoms with E-state index in [-0.39, 0.29) is 57.5 Å². The molecule has 17 nitrogen and oxygen atoms in total. The molecule has 2 N–H and O–H groups in total. The van der Waals surface area contributed by atoms with Crippen LogP contribution < -0.4 is 9.47 Å². The molecule has 0 amide bonds. The van der Waals surface area contributed by atoms with Crippen molar-refractivity contribution < 1.29 is 74.9 Å². The molecule has 0 aliphatic heterocycles. The van der Waals surface area contributed by atoms with E-state index in [2.05, 4.69) is 0 Å². The van der Waals surface area contributed by atoms with Crippen LogP contribution in [0.3, 0.4) is 0 Å². The number of rotatable bonds is 20. The Morgan fingerprint density at radius 2 is 0.506 bits per heavy atom. The van der Waals surface area contributed by atoms with Crippen LogP contribution in [0, 0.1) is 27.7 Å². The Labute approximate surface area is 458 Å². The summed E-state index contributed by atoms with van der Waals surface area (Å²) in [5, 5.41) is 21.2. The standard InChI is InChI=1S/C56H50O17S6/c1-37-5-13-41(14-6-37)76(63,64)53-33-45(21-25-49(53)57)74(59,60)47-23-27-51(55(35-47)78(67,68)43-17-9-39(3)10-18-43)72-31-29-71-30-32-73-52-28-24-48(36-56(52)79(69,70)44-19-11-40(4)12-20-44)75(61,62)46-22-26-50(58)54(34-46)77(65,66)42-15-7-38(2)8-16-42/h5-28,33-36,57-58H,29-32H2,1-4H3. The van der Waals surface area contributed by atoms with Gasteiger partial charge >= 0.3 is 0 Å². The lowest BCUT2D eigenvalue weighted by atomic mass is 10.2. The molecule has 8 aromatic rings. The van der Waals surface area contributed by atoms with Gasteiger partial charge in [-0.05, 0) is 149 Å². The van der Waals surface area contributed by atoms with Crippen molar-refractivity contribution >= 4 is 59.0 Å². The van der Waals surface area contributed by atoms with Gasteiger partial charge < -0.3 is 24.4 Å². The Morgan fingerprint density at radius 3 is 0.785 bits per heavy atom. The molecule has 8 aromatic carbocycles. The smallest absolute Gasteiger partial charge is 0.210 e. The monoisotopic (exact) mass is 1190 g/mol. The second kappa shape index (κ2) is 22.4. The fraction of sp³-hybridized carbons (Fsp3) is 0.143. The van der Waals surface area contributed by atoms with E-state index in [1.807, 2.05) is 0 Å². The molecule has 412 valence electrons. The molecular formula is C56H50O17S6. The molecule has 0 heterocycles. The average Bonchev–Trinajstić information content (AvgIpc) is 3.49. The number of ether oxygens (including phenoxy) is 3. The van der Waals surface area contributed by atoms with Crippen LogP contribution in [0.25, 0.3) is 0 Å². The SMILES string of the molecule is Cc1ccc(S(=O)(=O)c2cc(S(=O)(=O)c3ccc(OCCOCCOc4ccc(S(=O)(=O)c5ccc(O)c(S(=O)(=O)c6ccc(C)cc6)c5)cc4S(=O)(=O)c4ccc(C)cc4)c(S(=O)(=O)c4ccc(C)cc4)c3)ccc2O)cc1. The Morgan fingerprint density at radius 1 is 0.278 bits per heavy atom. The zero-order chi connectivity index (χ0) is 57.3. The van der Waals surface area contributed by atoms with E-state index >= 15 is 0 Å². The van der Waals surface area contributed by atoms with Gasteiger partial charge in [0.2, 0.25) is 59.0 Å². The first kappa shape index (κ1) is 57.8. The highest BCUT2D eigenvalue weighted by Crippen LogP contribution is 2.39. The molecule has 0 saturated carbocycles. The lowest BCUT2D eigenvalue weighted by Gasteiger charge is -2.16. The third kappa shape index (κ3) is 12.0.